The first-order valence-electron chi connectivity index (χ1n) is 6.81. The van der Waals surface area contributed by atoms with Crippen LogP contribution in [0.1, 0.15) is 16.7 Å². The first kappa shape index (κ1) is 13.1. The Morgan fingerprint density at radius 1 is 1.00 bits per heavy atom. The number of para-hydroxylation sites is 1. The van der Waals surface area contributed by atoms with E-state index in [0.717, 1.165) is 16.6 Å². The zero-order valence-corrected chi connectivity index (χ0v) is 12.0. The molecule has 3 rings (SSSR count). The lowest BCUT2D eigenvalue weighted by atomic mass is 10.1. The van der Waals surface area contributed by atoms with Gasteiger partial charge in [-0.05, 0) is 49.2 Å². The van der Waals surface area contributed by atoms with E-state index in [-0.39, 0.29) is 0 Å². The summed E-state index contributed by atoms with van der Waals surface area (Å²) in [6, 6.07) is 18.1. The molecule has 0 amide bonds. The average molecular weight is 273 g/mol. The number of anilines is 2. The van der Waals surface area contributed by atoms with E-state index in [1.54, 1.807) is 0 Å². The van der Waals surface area contributed by atoms with Gasteiger partial charge in [-0.15, -0.1) is 0 Å². The molecule has 102 valence electrons. The number of benzene rings is 2. The first-order chi connectivity index (χ1) is 10.2. The first-order valence-corrected chi connectivity index (χ1v) is 6.81. The molecule has 0 spiro atoms. The van der Waals surface area contributed by atoms with E-state index in [0.29, 0.717) is 11.4 Å². The Morgan fingerprint density at radius 3 is 2.43 bits per heavy atom. The molecule has 1 heterocycles. The number of pyridine rings is 1. The molecule has 0 fully saturated rings. The van der Waals surface area contributed by atoms with Gasteiger partial charge in [0.2, 0.25) is 0 Å². The van der Waals surface area contributed by atoms with Crippen LogP contribution in [0.5, 0.6) is 0 Å². The fraction of sp³-hybridized carbons (Fsp3) is 0.111. The van der Waals surface area contributed by atoms with Gasteiger partial charge in [-0.1, -0.05) is 24.3 Å². The minimum absolute atomic E-state index is 0.549. The SMILES string of the molecule is Cc1cc(C)cc(Nc2nc3ccccc3cc2C#N)c1. The highest BCUT2D eigenvalue weighted by Crippen LogP contribution is 2.24. The largest absolute Gasteiger partial charge is 0.339 e. The van der Waals surface area contributed by atoms with E-state index >= 15 is 0 Å². The van der Waals surface area contributed by atoms with E-state index in [1.165, 1.54) is 11.1 Å². The molecule has 0 unspecified atom stereocenters. The third kappa shape index (κ3) is 2.70. The number of rotatable bonds is 2. The average Bonchev–Trinajstić information content (AvgIpc) is 2.45. The maximum Gasteiger partial charge on any atom is 0.149 e. The predicted molar refractivity (Wildman–Crippen MR) is 85.7 cm³/mol. The normalized spacial score (nSPS) is 10.3. The van der Waals surface area contributed by atoms with Gasteiger partial charge in [0.1, 0.15) is 11.9 Å². The molecule has 0 saturated carbocycles. The highest BCUT2D eigenvalue weighted by Gasteiger charge is 2.07. The lowest BCUT2D eigenvalue weighted by Gasteiger charge is -2.10. The van der Waals surface area contributed by atoms with Crippen LogP contribution < -0.4 is 5.32 Å². The smallest absolute Gasteiger partial charge is 0.149 e. The summed E-state index contributed by atoms with van der Waals surface area (Å²) < 4.78 is 0. The molecule has 0 aliphatic rings. The van der Waals surface area contributed by atoms with Crippen LogP contribution in [0.25, 0.3) is 10.9 Å². The van der Waals surface area contributed by atoms with Gasteiger partial charge in [0, 0.05) is 11.1 Å². The number of fused-ring (bicyclic) bond motifs is 1. The van der Waals surface area contributed by atoms with Gasteiger partial charge >= 0.3 is 0 Å². The lowest BCUT2D eigenvalue weighted by Crippen LogP contribution is -1.98. The van der Waals surface area contributed by atoms with Gasteiger partial charge in [-0.25, -0.2) is 4.98 Å². The minimum atomic E-state index is 0.549. The number of nitrogens with one attached hydrogen (secondary N) is 1. The Morgan fingerprint density at radius 2 is 1.71 bits per heavy atom. The summed E-state index contributed by atoms with van der Waals surface area (Å²) >= 11 is 0. The second-order valence-electron chi connectivity index (χ2n) is 5.19. The number of aryl methyl sites for hydroxylation is 2. The number of nitrogens with zero attached hydrogens (tertiary/aromatic N) is 2. The highest BCUT2D eigenvalue weighted by molar-refractivity contribution is 5.83. The second-order valence-corrected chi connectivity index (χ2v) is 5.19. The zero-order valence-electron chi connectivity index (χ0n) is 12.0. The van der Waals surface area contributed by atoms with Crippen LogP contribution in [0.3, 0.4) is 0 Å². The van der Waals surface area contributed by atoms with Crippen molar-refractivity contribution < 1.29 is 0 Å². The molecule has 0 aliphatic heterocycles. The summed E-state index contributed by atoms with van der Waals surface area (Å²) in [7, 11) is 0. The van der Waals surface area contributed by atoms with Crippen LogP contribution in [0.15, 0.2) is 48.5 Å². The molecule has 21 heavy (non-hydrogen) atoms. The molecule has 3 nitrogen and oxygen atoms in total. The summed E-state index contributed by atoms with van der Waals surface area (Å²) in [5, 5.41) is 13.6. The fourth-order valence-electron chi connectivity index (χ4n) is 2.48. The standard InChI is InChI=1S/C18H15N3/c1-12-7-13(2)9-16(8-12)20-18-15(11-19)10-14-5-3-4-6-17(14)21-18/h3-10H,1-2H3,(H,20,21). The van der Waals surface area contributed by atoms with Crippen molar-refractivity contribution in [1.29, 1.82) is 5.26 Å². The minimum Gasteiger partial charge on any atom is -0.339 e. The van der Waals surface area contributed by atoms with Crippen LogP contribution in [0.2, 0.25) is 0 Å². The molecule has 3 aromatic rings. The van der Waals surface area contributed by atoms with Crippen molar-refractivity contribution >= 4 is 22.4 Å². The van der Waals surface area contributed by atoms with Crippen molar-refractivity contribution in [2.75, 3.05) is 5.32 Å². The van der Waals surface area contributed by atoms with Gasteiger partial charge in [-0.3, -0.25) is 0 Å². The van der Waals surface area contributed by atoms with Gasteiger partial charge in [0.05, 0.1) is 11.1 Å². The van der Waals surface area contributed by atoms with Crippen molar-refractivity contribution in [3.63, 3.8) is 0 Å². The molecular weight excluding hydrogens is 258 g/mol. The molecule has 0 aliphatic carbocycles. The Bertz CT molecular complexity index is 840. The summed E-state index contributed by atoms with van der Waals surface area (Å²) in [5.41, 5.74) is 4.73. The monoisotopic (exact) mass is 273 g/mol. The quantitative estimate of drug-likeness (QED) is 0.749. The predicted octanol–water partition coefficient (Wildman–Crippen LogP) is 4.47. The summed E-state index contributed by atoms with van der Waals surface area (Å²) in [6.45, 7) is 4.11. The number of aromatic nitrogens is 1. The van der Waals surface area contributed by atoms with Crippen molar-refractivity contribution in [1.82, 2.24) is 4.98 Å². The Hall–Kier alpha value is -2.86. The fourth-order valence-corrected chi connectivity index (χ4v) is 2.48. The Balaban J connectivity index is 2.09. The van der Waals surface area contributed by atoms with Crippen LogP contribution in [0.4, 0.5) is 11.5 Å². The van der Waals surface area contributed by atoms with E-state index in [1.807, 2.05) is 42.5 Å². The summed E-state index contributed by atoms with van der Waals surface area (Å²) in [4.78, 5) is 4.57. The van der Waals surface area contributed by atoms with E-state index < -0.39 is 0 Å². The van der Waals surface area contributed by atoms with Gasteiger partial charge in [-0.2, -0.15) is 5.26 Å². The van der Waals surface area contributed by atoms with Gasteiger partial charge in [0.15, 0.2) is 0 Å². The summed E-state index contributed by atoms with van der Waals surface area (Å²) in [5.74, 6) is 0.598. The van der Waals surface area contributed by atoms with Crippen LogP contribution in [-0.4, -0.2) is 4.98 Å². The van der Waals surface area contributed by atoms with Crippen LogP contribution in [0, 0.1) is 25.2 Å². The molecule has 0 atom stereocenters. The second kappa shape index (κ2) is 5.26. The van der Waals surface area contributed by atoms with E-state index in [2.05, 4.69) is 36.3 Å². The molecule has 2 aromatic carbocycles. The Labute approximate surface area is 123 Å². The van der Waals surface area contributed by atoms with Crippen LogP contribution >= 0.6 is 0 Å². The van der Waals surface area contributed by atoms with Gasteiger partial charge in [0.25, 0.3) is 0 Å². The van der Waals surface area contributed by atoms with E-state index in [9.17, 15) is 5.26 Å². The van der Waals surface area contributed by atoms with Crippen LogP contribution in [-0.2, 0) is 0 Å². The summed E-state index contributed by atoms with van der Waals surface area (Å²) in [6.07, 6.45) is 0. The van der Waals surface area contributed by atoms with Crippen molar-refractivity contribution in [3.05, 3.63) is 65.2 Å². The molecule has 0 radical (unpaired) electrons. The highest BCUT2D eigenvalue weighted by atomic mass is 15.0. The number of hydrogen-bond donors (Lipinski definition) is 1. The number of nitriles is 1. The van der Waals surface area contributed by atoms with Crippen molar-refractivity contribution in [2.24, 2.45) is 0 Å². The molecule has 0 bridgehead atoms. The molecule has 1 aromatic heterocycles. The maximum atomic E-state index is 9.34. The van der Waals surface area contributed by atoms with Crippen molar-refractivity contribution in [2.45, 2.75) is 13.8 Å². The number of hydrogen-bond acceptors (Lipinski definition) is 3. The third-order valence-corrected chi connectivity index (χ3v) is 3.33. The molecule has 3 heteroatoms. The topological polar surface area (TPSA) is 48.7 Å². The maximum absolute atomic E-state index is 9.34. The molecule has 1 N–H and O–H groups in total. The molecule has 0 saturated heterocycles. The van der Waals surface area contributed by atoms with Gasteiger partial charge < -0.3 is 5.32 Å². The molecular formula is C18H15N3. The third-order valence-electron chi connectivity index (χ3n) is 3.33. The lowest BCUT2D eigenvalue weighted by molar-refractivity contribution is 1.32. The van der Waals surface area contributed by atoms with E-state index in [4.69, 9.17) is 0 Å². The zero-order chi connectivity index (χ0) is 14.8. The van der Waals surface area contributed by atoms with Crippen molar-refractivity contribution in [3.8, 4) is 6.07 Å². The Kier molecular flexibility index (Phi) is 3.29.